The molecule has 0 atom stereocenters. The Balaban J connectivity index is 2.74. The van der Waals surface area contributed by atoms with Crippen LogP contribution in [0.5, 0.6) is 0 Å². The van der Waals surface area contributed by atoms with E-state index in [0.29, 0.717) is 5.56 Å². The number of carbonyl (C=O) groups is 2. The van der Waals surface area contributed by atoms with Gasteiger partial charge < -0.3 is 10.4 Å². The Kier molecular flexibility index (Phi) is 3.85. The average Bonchev–Trinajstić information content (AvgIpc) is 2.18. The highest BCUT2D eigenvalue weighted by Gasteiger charge is 2.07. The zero-order valence-corrected chi connectivity index (χ0v) is 9.67. The summed E-state index contributed by atoms with van der Waals surface area (Å²) in [7, 11) is 0. The number of carboxylic acids is 1. The van der Waals surface area contributed by atoms with Crippen LogP contribution in [0.4, 0.5) is 0 Å². The Labute approximate surface area is 95.4 Å². The Hall–Kier alpha value is -1.36. The summed E-state index contributed by atoms with van der Waals surface area (Å²) in [4.78, 5) is 21.7. The number of carbonyl (C=O) groups excluding carboxylic acids is 1. The van der Waals surface area contributed by atoms with Gasteiger partial charge in [-0.15, -0.1) is 0 Å². The molecule has 2 N–H and O–H groups in total. The lowest BCUT2D eigenvalue weighted by atomic mass is 10.1. The molecular weight excluding hydrogens is 262 g/mol. The van der Waals surface area contributed by atoms with E-state index in [4.69, 9.17) is 5.11 Å². The molecule has 1 aromatic carbocycles. The highest BCUT2D eigenvalue weighted by molar-refractivity contribution is 9.10. The monoisotopic (exact) mass is 271 g/mol. The lowest BCUT2D eigenvalue weighted by molar-refractivity contribution is -0.135. The van der Waals surface area contributed by atoms with Gasteiger partial charge in [0.2, 0.25) is 0 Å². The molecule has 5 heteroatoms. The molecule has 0 saturated carbocycles. The fraction of sp³-hybridized carbons (Fsp3) is 0.200. The van der Waals surface area contributed by atoms with Crippen LogP contribution in [-0.4, -0.2) is 23.5 Å². The molecule has 0 aliphatic rings. The number of aryl methyl sites for hydroxylation is 1. The molecule has 15 heavy (non-hydrogen) atoms. The number of carboxylic acid groups (broad SMARTS) is 1. The van der Waals surface area contributed by atoms with E-state index in [1.807, 2.05) is 6.92 Å². The molecule has 0 aliphatic heterocycles. The van der Waals surface area contributed by atoms with Crippen LogP contribution in [0, 0.1) is 6.92 Å². The summed E-state index contributed by atoms with van der Waals surface area (Å²) in [5, 5.41) is 10.7. The maximum absolute atomic E-state index is 11.4. The molecular formula is C10H10BrNO3. The summed E-state index contributed by atoms with van der Waals surface area (Å²) >= 11 is 3.31. The standard InChI is InChI=1S/C10H10BrNO3/c1-6-4-7(2-3-8(6)11)10(15)12-5-9(13)14/h2-4H,5H2,1H3,(H,12,15)(H,13,14). The largest absolute Gasteiger partial charge is 0.480 e. The van der Waals surface area contributed by atoms with Crippen LogP contribution in [0.2, 0.25) is 0 Å². The summed E-state index contributed by atoms with van der Waals surface area (Å²) in [6.45, 7) is 1.49. The number of halogens is 1. The molecule has 1 rings (SSSR count). The lowest BCUT2D eigenvalue weighted by Crippen LogP contribution is -2.29. The van der Waals surface area contributed by atoms with Gasteiger partial charge in [-0.3, -0.25) is 9.59 Å². The van der Waals surface area contributed by atoms with Crippen LogP contribution in [0.25, 0.3) is 0 Å². The third kappa shape index (κ3) is 3.36. The van der Waals surface area contributed by atoms with E-state index in [1.165, 1.54) is 0 Å². The van der Waals surface area contributed by atoms with E-state index >= 15 is 0 Å². The molecule has 4 nitrogen and oxygen atoms in total. The smallest absolute Gasteiger partial charge is 0.322 e. The van der Waals surface area contributed by atoms with E-state index < -0.39 is 5.97 Å². The lowest BCUT2D eigenvalue weighted by Gasteiger charge is -2.04. The minimum Gasteiger partial charge on any atom is -0.480 e. The fourth-order valence-electron chi connectivity index (χ4n) is 1.04. The summed E-state index contributed by atoms with van der Waals surface area (Å²) in [5.41, 5.74) is 1.38. The van der Waals surface area contributed by atoms with Crippen molar-refractivity contribution in [2.45, 2.75) is 6.92 Å². The van der Waals surface area contributed by atoms with Gasteiger partial charge in [-0.1, -0.05) is 15.9 Å². The van der Waals surface area contributed by atoms with Crippen LogP contribution in [0.1, 0.15) is 15.9 Å². The first-order valence-electron chi connectivity index (χ1n) is 4.27. The van der Waals surface area contributed by atoms with Crippen molar-refractivity contribution < 1.29 is 14.7 Å². The molecule has 1 amide bonds. The maximum Gasteiger partial charge on any atom is 0.322 e. The average molecular weight is 272 g/mol. The number of rotatable bonds is 3. The van der Waals surface area contributed by atoms with Crippen molar-refractivity contribution in [1.82, 2.24) is 5.32 Å². The summed E-state index contributed by atoms with van der Waals surface area (Å²) in [5.74, 6) is -1.44. The molecule has 0 bridgehead atoms. The molecule has 0 unspecified atom stereocenters. The molecule has 0 radical (unpaired) electrons. The Morgan fingerprint density at radius 1 is 1.47 bits per heavy atom. The molecule has 1 aromatic rings. The van der Waals surface area contributed by atoms with Crippen molar-refractivity contribution >= 4 is 27.8 Å². The maximum atomic E-state index is 11.4. The van der Waals surface area contributed by atoms with E-state index in [-0.39, 0.29) is 12.5 Å². The fourth-order valence-corrected chi connectivity index (χ4v) is 1.29. The second kappa shape index (κ2) is 4.93. The van der Waals surface area contributed by atoms with Crippen molar-refractivity contribution in [1.29, 1.82) is 0 Å². The van der Waals surface area contributed by atoms with Gasteiger partial charge in [0.25, 0.3) is 5.91 Å². The zero-order chi connectivity index (χ0) is 11.4. The molecule has 80 valence electrons. The van der Waals surface area contributed by atoms with Crippen LogP contribution >= 0.6 is 15.9 Å². The molecule has 0 aromatic heterocycles. The van der Waals surface area contributed by atoms with Gasteiger partial charge in [0, 0.05) is 10.0 Å². The van der Waals surface area contributed by atoms with E-state index in [1.54, 1.807) is 18.2 Å². The molecule has 0 heterocycles. The highest BCUT2D eigenvalue weighted by Crippen LogP contribution is 2.16. The summed E-state index contributed by atoms with van der Waals surface area (Å²) < 4.78 is 0.914. The minimum absolute atomic E-state index is 0.367. The third-order valence-corrected chi connectivity index (χ3v) is 2.71. The first kappa shape index (κ1) is 11.7. The van der Waals surface area contributed by atoms with Crippen LogP contribution < -0.4 is 5.32 Å². The van der Waals surface area contributed by atoms with Crippen molar-refractivity contribution in [3.05, 3.63) is 33.8 Å². The van der Waals surface area contributed by atoms with E-state index in [9.17, 15) is 9.59 Å². The highest BCUT2D eigenvalue weighted by atomic mass is 79.9. The number of aliphatic carboxylic acids is 1. The van der Waals surface area contributed by atoms with Gasteiger partial charge in [0.05, 0.1) is 0 Å². The van der Waals surface area contributed by atoms with Crippen LogP contribution in [0.15, 0.2) is 22.7 Å². The first-order chi connectivity index (χ1) is 7.00. The zero-order valence-electron chi connectivity index (χ0n) is 8.08. The molecule has 0 spiro atoms. The Morgan fingerprint density at radius 3 is 2.67 bits per heavy atom. The normalized spacial score (nSPS) is 9.73. The second-order valence-corrected chi connectivity index (χ2v) is 3.89. The van der Waals surface area contributed by atoms with Gasteiger partial charge in [0.15, 0.2) is 0 Å². The van der Waals surface area contributed by atoms with Crippen molar-refractivity contribution in [2.75, 3.05) is 6.54 Å². The van der Waals surface area contributed by atoms with Gasteiger partial charge in [-0.2, -0.15) is 0 Å². The van der Waals surface area contributed by atoms with Crippen LogP contribution in [-0.2, 0) is 4.79 Å². The third-order valence-electron chi connectivity index (χ3n) is 1.82. The summed E-state index contributed by atoms with van der Waals surface area (Å²) in [6.07, 6.45) is 0. The predicted octanol–water partition coefficient (Wildman–Crippen LogP) is 1.57. The second-order valence-electron chi connectivity index (χ2n) is 3.04. The SMILES string of the molecule is Cc1cc(C(=O)NCC(=O)O)ccc1Br. The van der Waals surface area contributed by atoms with Gasteiger partial charge in [0.1, 0.15) is 6.54 Å². The van der Waals surface area contributed by atoms with Crippen molar-refractivity contribution in [3.8, 4) is 0 Å². The van der Waals surface area contributed by atoms with Crippen molar-refractivity contribution in [2.24, 2.45) is 0 Å². The Bertz CT molecular complexity index is 404. The van der Waals surface area contributed by atoms with Gasteiger partial charge in [-0.05, 0) is 30.7 Å². The minimum atomic E-state index is -1.06. The van der Waals surface area contributed by atoms with Crippen LogP contribution in [0.3, 0.4) is 0 Å². The number of hydrogen-bond acceptors (Lipinski definition) is 2. The Morgan fingerprint density at radius 2 is 2.13 bits per heavy atom. The predicted molar refractivity (Wildman–Crippen MR) is 58.8 cm³/mol. The topological polar surface area (TPSA) is 66.4 Å². The van der Waals surface area contributed by atoms with E-state index in [0.717, 1.165) is 10.0 Å². The molecule has 0 aliphatic carbocycles. The van der Waals surface area contributed by atoms with Crippen molar-refractivity contribution in [3.63, 3.8) is 0 Å². The van der Waals surface area contributed by atoms with Gasteiger partial charge >= 0.3 is 5.97 Å². The number of amides is 1. The quantitative estimate of drug-likeness (QED) is 0.877. The first-order valence-corrected chi connectivity index (χ1v) is 5.06. The summed E-state index contributed by atoms with van der Waals surface area (Å²) in [6, 6.07) is 5.08. The number of benzene rings is 1. The molecule has 0 fully saturated rings. The van der Waals surface area contributed by atoms with Gasteiger partial charge in [-0.25, -0.2) is 0 Å². The number of hydrogen-bond donors (Lipinski definition) is 2. The van der Waals surface area contributed by atoms with E-state index in [2.05, 4.69) is 21.2 Å². The molecule has 0 saturated heterocycles. The number of nitrogens with one attached hydrogen (secondary N) is 1.